The number of fused-ring (bicyclic) bond motifs is 1. The van der Waals surface area contributed by atoms with Gasteiger partial charge in [-0.3, -0.25) is 23.3 Å². The lowest BCUT2D eigenvalue weighted by atomic mass is 10.2. The van der Waals surface area contributed by atoms with Crippen LogP contribution in [0.2, 0.25) is 0 Å². The van der Waals surface area contributed by atoms with E-state index in [4.69, 9.17) is 0 Å². The van der Waals surface area contributed by atoms with E-state index in [9.17, 15) is 18.8 Å². The minimum atomic E-state index is -0.470. The minimum Gasteiger partial charge on any atom is -0.354 e. The van der Waals surface area contributed by atoms with Crippen LogP contribution in [0.3, 0.4) is 0 Å². The summed E-state index contributed by atoms with van der Waals surface area (Å²) in [7, 11) is 2.97. The standard InChI is InChI=1S/C20H23FN6O3/c1-25-16-15(18(29)26(2)20(25)30)27(11-12-3-7-14(21)8-4-12)19(24-16)23-10-9-22-17(28)13-5-6-13/h3-4,7-8,13H,5-6,9-11H2,1-2H3,(H,22,28)(H,23,24). The summed E-state index contributed by atoms with van der Waals surface area (Å²) in [6.07, 6.45) is 1.87. The second-order valence-electron chi connectivity index (χ2n) is 7.52. The van der Waals surface area contributed by atoms with Gasteiger partial charge >= 0.3 is 5.69 Å². The van der Waals surface area contributed by atoms with Crippen molar-refractivity contribution in [3.05, 3.63) is 56.5 Å². The van der Waals surface area contributed by atoms with Crippen LogP contribution >= 0.6 is 0 Å². The Balaban J connectivity index is 1.68. The van der Waals surface area contributed by atoms with Gasteiger partial charge in [0.05, 0.1) is 6.54 Å². The number of benzene rings is 1. The first-order valence-corrected chi connectivity index (χ1v) is 9.79. The number of halogens is 1. The summed E-state index contributed by atoms with van der Waals surface area (Å²) in [6.45, 7) is 1.08. The van der Waals surface area contributed by atoms with Crippen LogP contribution in [0.15, 0.2) is 33.9 Å². The summed E-state index contributed by atoms with van der Waals surface area (Å²) >= 11 is 0. The third-order valence-corrected chi connectivity index (χ3v) is 5.26. The van der Waals surface area contributed by atoms with Crippen LogP contribution in [-0.4, -0.2) is 37.7 Å². The van der Waals surface area contributed by atoms with E-state index in [2.05, 4.69) is 15.6 Å². The van der Waals surface area contributed by atoms with Gasteiger partial charge in [-0.1, -0.05) is 12.1 Å². The predicted octanol–water partition coefficient (Wildman–Crippen LogP) is 0.559. The summed E-state index contributed by atoms with van der Waals surface area (Å²) in [5.74, 6) is 0.226. The second kappa shape index (κ2) is 7.77. The highest BCUT2D eigenvalue weighted by atomic mass is 19.1. The van der Waals surface area contributed by atoms with Crippen molar-refractivity contribution in [3.63, 3.8) is 0 Å². The highest BCUT2D eigenvalue weighted by molar-refractivity contribution is 5.80. The Morgan fingerprint density at radius 3 is 2.50 bits per heavy atom. The molecule has 2 aromatic heterocycles. The smallest absolute Gasteiger partial charge is 0.332 e. The molecule has 10 heteroatoms. The number of hydrogen-bond acceptors (Lipinski definition) is 5. The van der Waals surface area contributed by atoms with Gasteiger partial charge in [-0.05, 0) is 30.5 Å². The Morgan fingerprint density at radius 1 is 1.13 bits per heavy atom. The molecule has 0 aliphatic heterocycles. The fraction of sp³-hybridized carbons (Fsp3) is 0.400. The van der Waals surface area contributed by atoms with Crippen LogP contribution in [0.1, 0.15) is 18.4 Å². The molecule has 1 saturated carbocycles. The average Bonchev–Trinajstić information content (AvgIpc) is 3.53. The van der Waals surface area contributed by atoms with Crippen molar-refractivity contribution >= 4 is 23.0 Å². The molecule has 1 aliphatic rings. The molecule has 0 saturated heterocycles. The Kier molecular flexibility index (Phi) is 5.15. The molecule has 1 aromatic carbocycles. The lowest BCUT2D eigenvalue weighted by Crippen LogP contribution is -2.37. The molecule has 3 aromatic rings. The van der Waals surface area contributed by atoms with Gasteiger partial charge in [0.15, 0.2) is 11.2 Å². The normalized spacial score (nSPS) is 13.6. The van der Waals surface area contributed by atoms with Crippen LogP contribution in [-0.2, 0) is 25.4 Å². The number of anilines is 1. The molecule has 2 heterocycles. The number of rotatable bonds is 7. The monoisotopic (exact) mass is 414 g/mol. The fourth-order valence-electron chi connectivity index (χ4n) is 3.36. The van der Waals surface area contributed by atoms with Gasteiger partial charge in [-0.2, -0.15) is 4.98 Å². The molecule has 2 N–H and O–H groups in total. The van der Waals surface area contributed by atoms with E-state index in [0.717, 1.165) is 23.0 Å². The largest absolute Gasteiger partial charge is 0.354 e. The van der Waals surface area contributed by atoms with Crippen molar-refractivity contribution in [2.75, 3.05) is 18.4 Å². The molecule has 4 rings (SSSR count). The Morgan fingerprint density at radius 2 is 1.83 bits per heavy atom. The summed E-state index contributed by atoms with van der Waals surface area (Å²) in [4.78, 5) is 41.4. The number of amides is 1. The second-order valence-corrected chi connectivity index (χ2v) is 7.52. The first-order chi connectivity index (χ1) is 14.4. The van der Waals surface area contributed by atoms with Gasteiger partial charge < -0.3 is 10.6 Å². The van der Waals surface area contributed by atoms with Gasteiger partial charge in [0.2, 0.25) is 11.9 Å². The molecule has 9 nitrogen and oxygen atoms in total. The molecule has 158 valence electrons. The molecule has 0 unspecified atom stereocenters. The van der Waals surface area contributed by atoms with Crippen LogP contribution in [0.4, 0.5) is 10.3 Å². The van der Waals surface area contributed by atoms with Crippen molar-refractivity contribution in [3.8, 4) is 0 Å². The van der Waals surface area contributed by atoms with Gasteiger partial charge in [0, 0.05) is 33.1 Å². The molecule has 0 atom stereocenters. The molecule has 1 amide bonds. The first-order valence-electron chi connectivity index (χ1n) is 9.79. The SMILES string of the molecule is Cn1c(=O)c2c(nc(NCCNC(=O)C3CC3)n2Cc2ccc(F)cc2)n(C)c1=O. The van der Waals surface area contributed by atoms with Crippen LogP contribution in [0.25, 0.3) is 11.2 Å². The molecule has 0 radical (unpaired) electrons. The number of carbonyl (C=O) groups is 1. The maximum atomic E-state index is 13.3. The van der Waals surface area contributed by atoms with Crippen molar-refractivity contribution in [2.24, 2.45) is 20.0 Å². The predicted molar refractivity (Wildman–Crippen MR) is 110 cm³/mol. The molecule has 30 heavy (non-hydrogen) atoms. The summed E-state index contributed by atoms with van der Waals surface area (Å²) in [5.41, 5.74) is 0.375. The van der Waals surface area contributed by atoms with E-state index in [1.165, 1.54) is 23.7 Å². The zero-order valence-electron chi connectivity index (χ0n) is 16.8. The maximum absolute atomic E-state index is 13.3. The number of imidazole rings is 1. The van der Waals surface area contributed by atoms with Gasteiger partial charge in [0.1, 0.15) is 5.82 Å². The molecular formula is C20H23FN6O3. The van der Waals surface area contributed by atoms with Crippen molar-refractivity contribution in [1.82, 2.24) is 24.0 Å². The number of aryl methyl sites for hydroxylation is 1. The summed E-state index contributed by atoms with van der Waals surface area (Å²) in [6, 6.07) is 5.96. The lowest BCUT2D eigenvalue weighted by molar-refractivity contribution is -0.122. The first kappa shape index (κ1) is 19.9. The zero-order chi connectivity index (χ0) is 21.4. The summed E-state index contributed by atoms with van der Waals surface area (Å²) in [5, 5.41) is 6.01. The van der Waals surface area contributed by atoms with Crippen LogP contribution in [0, 0.1) is 11.7 Å². The number of hydrogen-bond donors (Lipinski definition) is 2. The fourth-order valence-corrected chi connectivity index (χ4v) is 3.36. The highest BCUT2D eigenvalue weighted by Gasteiger charge is 2.29. The number of nitrogens with one attached hydrogen (secondary N) is 2. The van der Waals surface area contributed by atoms with E-state index in [1.807, 2.05) is 0 Å². The number of carbonyl (C=O) groups excluding carboxylic acids is 1. The minimum absolute atomic E-state index is 0.0490. The highest BCUT2D eigenvalue weighted by Crippen LogP contribution is 2.28. The molecule has 0 bridgehead atoms. The van der Waals surface area contributed by atoms with E-state index >= 15 is 0 Å². The van der Waals surface area contributed by atoms with Crippen LogP contribution in [0.5, 0.6) is 0 Å². The topological polar surface area (TPSA) is 103 Å². The van der Waals surface area contributed by atoms with Crippen molar-refractivity contribution in [2.45, 2.75) is 19.4 Å². The lowest BCUT2D eigenvalue weighted by Gasteiger charge is -2.11. The Bertz CT molecular complexity index is 1220. The number of nitrogens with zero attached hydrogens (tertiary/aromatic N) is 4. The van der Waals surface area contributed by atoms with E-state index in [1.54, 1.807) is 23.7 Å². The van der Waals surface area contributed by atoms with Crippen molar-refractivity contribution < 1.29 is 9.18 Å². The number of aromatic nitrogens is 4. The zero-order valence-corrected chi connectivity index (χ0v) is 16.8. The molecule has 0 spiro atoms. The van der Waals surface area contributed by atoms with Gasteiger partial charge in [0.25, 0.3) is 5.56 Å². The van der Waals surface area contributed by atoms with Crippen molar-refractivity contribution in [1.29, 1.82) is 0 Å². The third kappa shape index (κ3) is 3.72. The van der Waals surface area contributed by atoms with E-state index < -0.39 is 11.2 Å². The Labute approximate surface area is 171 Å². The average molecular weight is 414 g/mol. The maximum Gasteiger partial charge on any atom is 0.332 e. The molecular weight excluding hydrogens is 391 g/mol. The van der Waals surface area contributed by atoms with Gasteiger partial charge in [-0.15, -0.1) is 0 Å². The van der Waals surface area contributed by atoms with E-state index in [-0.39, 0.29) is 35.4 Å². The molecule has 1 aliphatic carbocycles. The van der Waals surface area contributed by atoms with Gasteiger partial charge in [-0.25, -0.2) is 9.18 Å². The Hall–Kier alpha value is -3.43. The quantitative estimate of drug-likeness (QED) is 0.550. The van der Waals surface area contributed by atoms with Crippen LogP contribution < -0.4 is 21.9 Å². The van der Waals surface area contributed by atoms with E-state index in [0.29, 0.717) is 19.0 Å². The summed E-state index contributed by atoms with van der Waals surface area (Å²) < 4.78 is 17.3. The third-order valence-electron chi connectivity index (χ3n) is 5.26. The molecule has 1 fully saturated rings.